The van der Waals surface area contributed by atoms with Crippen LogP contribution in [0.4, 0.5) is 102 Å². The number of fused-ring (bicyclic) bond motifs is 6. The van der Waals surface area contributed by atoms with Crippen LogP contribution in [0.3, 0.4) is 0 Å². The van der Waals surface area contributed by atoms with E-state index in [1.807, 2.05) is 0 Å². The van der Waals surface area contributed by atoms with Crippen molar-refractivity contribution in [3.63, 3.8) is 0 Å². The summed E-state index contributed by atoms with van der Waals surface area (Å²) in [5, 5.41) is 47.0. The summed E-state index contributed by atoms with van der Waals surface area (Å²) < 4.78 is 262. The minimum absolute atomic E-state index is 0.0194. The summed E-state index contributed by atoms with van der Waals surface area (Å²) >= 11 is 10.4. The minimum Gasteiger partial charge on any atom is -0.398 e. The molecule has 10 aromatic rings. The molecule has 624 valence electrons. The lowest BCUT2D eigenvalue weighted by atomic mass is 9.65. The summed E-state index contributed by atoms with van der Waals surface area (Å²) in [6.45, 7) is 7.25. The molecular weight excluding hydrogens is 1670 g/mol. The molecule has 0 bridgehead atoms. The summed E-state index contributed by atoms with van der Waals surface area (Å²) in [5.74, 6) is -1.70. The molecule has 0 saturated heterocycles. The van der Waals surface area contributed by atoms with Crippen LogP contribution in [0.25, 0.3) is 22.3 Å². The molecule has 1 amide bonds. The number of amides is 1. The normalized spacial score (nSPS) is 14.7. The number of hydrogen-bond acceptors (Lipinski definition) is 11. The zero-order valence-corrected chi connectivity index (χ0v) is 66.6. The summed E-state index contributed by atoms with van der Waals surface area (Å²) in [7, 11) is 5.99. The van der Waals surface area contributed by atoms with Crippen LogP contribution >= 0.6 is 41.1 Å². The van der Waals surface area contributed by atoms with Crippen molar-refractivity contribution in [2.45, 2.75) is 119 Å². The van der Waals surface area contributed by atoms with Crippen LogP contribution in [0, 0.1) is 27.7 Å². The van der Waals surface area contributed by atoms with E-state index in [9.17, 15) is 119 Å². The van der Waals surface area contributed by atoms with Crippen molar-refractivity contribution in [1.29, 1.82) is 0 Å². The number of nitrogens with two attached hydrogens (primary N) is 2. The maximum absolute atomic E-state index is 15.0. The van der Waals surface area contributed by atoms with E-state index in [2.05, 4.69) is 28.5 Å². The van der Waals surface area contributed by atoms with Crippen molar-refractivity contribution in [3.05, 3.63) is 305 Å². The van der Waals surface area contributed by atoms with Crippen molar-refractivity contribution in [1.82, 2.24) is 0 Å². The molecule has 4 unspecified atom stereocenters. The van der Waals surface area contributed by atoms with Gasteiger partial charge in [0.25, 0.3) is 27.6 Å². The Hall–Kier alpha value is -9.90. The Morgan fingerprint density at radius 2 is 0.644 bits per heavy atom. The third-order valence-electron chi connectivity index (χ3n) is 21.0. The van der Waals surface area contributed by atoms with E-state index in [-0.39, 0.29) is 78.0 Å². The maximum atomic E-state index is 15.0. The van der Waals surface area contributed by atoms with Crippen molar-refractivity contribution < 1.29 is 119 Å². The van der Waals surface area contributed by atoms with Gasteiger partial charge in [0, 0.05) is 68.6 Å². The number of aliphatic hydroxyl groups is 4. The molecule has 2 aliphatic rings. The Morgan fingerprint density at radius 3 is 0.983 bits per heavy atom. The second-order valence-corrected chi connectivity index (χ2v) is 28.8. The lowest BCUT2D eigenvalue weighted by molar-refractivity contribution is -0.376. The number of aryl methyl sites for hydroxylation is 4. The van der Waals surface area contributed by atoms with Crippen molar-refractivity contribution in [3.8, 4) is 22.3 Å². The second-order valence-electron chi connectivity index (χ2n) is 28.1. The Labute approximate surface area is 676 Å². The number of rotatable bonds is 14. The molecule has 10 N–H and O–H groups in total. The van der Waals surface area contributed by atoms with E-state index >= 15 is 0 Å². The first-order chi connectivity index (χ1) is 54.5. The average Bonchev–Trinajstić information content (AvgIpc) is 1.49. The zero-order valence-electron chi connectivity index (χ0n) is 62.8. The molecule has 118 heavy (non-hydrogen) atoms. The van der Waals surface area contributed by atoms with Crippen LogP contribution in [0.15, 0.2) is 194 Å². The molecule has 12 nitrogen and oxygen atoms in total. The standard InChI is InChI=1S/C43H35F9N2O4.C33H27F9N2O2.C8H4Cl2O2.H4P2/c1-22-17-27(20-33(35(22)53-5)38(4,57)41(44,45)46)39(31-15-8-6-13-29(31)30-14-7-9-16-32(30)39)28-18-23(2)36(34(21-28)40(58,42(47,48)49)43(50,51)52)54-37(56)26-12-10-11-25(19-26)24(3)55;1-16-12-18(14-24(26(16)43)28(3,45)31(34,35)36)29(22-10-6-4-8-20(22)21-9-5-7-11-23(21)29)19-13-17(2)27(44)25(15-19)30(46,32(37,38)39)33(40,41)42;9-7(11)5-2-1-3-6(4-5)8(10)12;1-2/h6-21,53,57-58H,1-5H3,(H,54,56);4-15,45-46H,43-44H2,1-3H3;1-4H;1-2H2. The van der Waals surface area contributed by atoms with Gasteiger partial charge in [0.1, 0.15) is 0 Å². The van der Waals surface area contributed by atoms with Gasteiger partial charge in [-0.25, -0.2) is 0 Å². The Balaban J connectivity index is 0.000000235. The number of ketones is 1. The number of nitrogens with one attached hydrogen (secondary N) is 2. The van der Waals surface area contributed by atoms with E-state index in [1.165, 1.54) is 101 Å². The first-order valence-corrected chi connectivity index (χ1v) is 38.1. The lowest BCUT2D eigenvalue weighted by Gasteiger charge is -2.39. The number of alkyl halides is 18. The second kappa shape index (κ2) is 32.7. The Kier molecular flexibility index (Phi) is 25.5. The van der Waals surface area contributed by atoms with Crippen molar-refractivity contribution in [2.75, 3.05) is 29.1 Å². The number of nitrogen functional groups attached to an aromatic ring is 2. The third kappa shape index (κ3) is 15.6. The molecule has 2 aliphatic carbocycles. The van der Waals surface area contributed by atoms with Crippen LogP contribution in [0.5, 0.6) is 0 Å². The monoisotopic (exact) mass is 1740 g/mol. The van der Waals surface area contributed by atoms with Gasteiger partial charge >= 0.3 is 37.1 Å². The van der Waals surface area contributed by atoms with E-state index in [4.69, 9.17) is 34.7 Å². The first kappa shape index (κ1) is 92.0. The van der Waals surface area contributed by atoms with E-state index in [1.54, 1.807) is 91.0 Å². The molecule has 4 atom stereocenters. The smallest absolute Gasteiger partial charge is 0.398 e. The Bertz CT molecular complexity index is 5460. The van der Waals surface area contributed by atoms with Gasteiger partial charge in [-0.1, -0.05) is 152 Å². The van der Waals surface area contributed by atoms with E-state index < -0.39 is 137 Å². The molecule has 0 heterocycles. The van der Waals surface area contributed by atoms with Gasteiger partial charge in [-0.2, -0.15) is 79.0 Å². The van der Waals surface area contributed by atoms with Crippen LogP contribution in [-0.2, 0) is 33.2 Å². The highest BCUT2D eigenvalue weighted by molar-refractivity contribution is 7.92. The fourth-order valence-electron chi connectivity index (χ4n) is 15.0. The molecule has 0 radical (unpaired) electrons. The zero-order chi connectivity index (χ0) is 88.5. The highest BCUT2D eigenvalue weighted by Gasteiger charge is 2.74. The molecule has 10 aromatic carbocycles. The average molecular weight is 1740 g/mol. The van der Waals surface area contributed by atoms with Gasteiger partial charge in [-0.15, -0.1) is 17.9 Å². The molecule has 0 fully saturated rings. The topological polar surface area (TPSA) is 225 Å². The number of halogens is 20. The number of Topliss-reactive ketones (excluding diaryl/α,β-unsaturated/α-hetero) is 1. The number of carbonyl (C=O) groups is 4. The molecule has 12 rings (SSSR count). The fourth-order valence-corrected chi connectivity index (χ4v) is 15.3. The predicted molar refractivity (Wildman–Crippen MR) is 419 cm³/mol. The lowest BCUT2D eigenvalue weighted by Crippen LogP contribution is -2.54. The highest BCUT2D eigenvalue weighted by atomic mass is 35.5. The van der Waals surface area contributed by atoms with Gasteiger partial charge in [0.15, 0.2) is 17.0 Å². The number of carbonyl (C=O) groups excluding carboxylic acids is 4. The predicted octanol–water partition coefficient (Wildman–Crippen LogP) is 21.3. The fraction of sp³-hybridized carbons (Fsp3) is 0.238. The quantitative estimate of drug-likeness (QED) is 0.0168. The van der Waals surface area contributed by atoms with Gasteiger partial charge < -0.3 is 42.5 Å². The first-order valence-electron chi connectivity index (χ1n) is 34.7. The molecular formula is C84H70Cl2F18N4O8P2. The van der Waals surface area contributed by atoms with Crippen molar-refractivity contribution >= 4 is 86.0 Å². The third-order valence-corrected chi connectivity index (χ3v) is 21.4. The van der Waals surface area contributed by atoms with Gasteiger partial charge in [-0.05, 0) is 203 Å². The SMILES string of the molecule is CNc1c(C)cc(C2(c3cc(C)c(NC(=O)c4cccc(C(C)=O)c4)c(C(O)(C(F)(F)F)C(F)(F)F)c3)c3ccccc3-c3ccccc32)cc1C(C)(O)C(F)(F)F.Cc1cc(C2(c3cc(C)c(N)c(C(O)(C(F)(F)F)C(F)(F)F)c3)c3ccccc3-c3ccccc32)cc(C(C)(O)C(F)(F)F)c1N.O=C(Cl)c1cccc(C(=O)Cl)c1.PP. The summed E-state index contributed by atoms with van der Waals surface area (Å²) in [6.07, 6.45) is -35.9. The number of anilines is 4. The van der Waals surface area contributed by atoms with Gasteiger partial charge in [-0.3, -0.25) is 19.2 Å². The van der Waals surface area contributed by atoms with Crippen LogP contribution < -0.4 is 22.1 Å². The van der Waals surface area contributed by atoms with Gasteiger partial charge in [0.05, 0.1) is 16.5 Å². The number of hydrogen-bond donors (Lipinski definition) is 8. The van der Waals surface area contributed by atoms with Crippen LogP contribution in [0.1, 0.15) is 151 Å². The Morgan fingerprint density at radius 1 is 0.364 bits per heavy atom. The summed E-state index contributed by atoms with van der Waals surface area (Å²) in [4.78, 5) is 46.9. The maximum Gasteiger partial charge on any atom is 0.430 e. The minimum atomic E-state index is -6.45. The molecule has 0 spiro atoms. The molecule has 0 aliphatic heterocycles. The molecule has 0 aromatic heterocycles. The van der Waals surface area contributed by atoms with Crippen molar-refractivity contribution in [2.24, 2.45) is 0 Å². The highest BCUT2D eigenvalue weighted by Crippen LogP contribution is 2.63. The summed E-state index contributed by atoms with van der Waals surface area (Å²) in [5.41, 5.74) is -15.6. The van der Waals surface area contributed by atoms with E-state index in [0.717, 1.165) is 32.0 Å². The summed E-state index contributed by atoms with van der Waals surface area (Å²) in [6, 6.07) is 44.5. The largest absolute Gasteiger partial charge is 0.430 e. The van der Waals surface area contributed by atoms with Gasteiger partial charge in [0.2, 0.25) is 0 Å². The molecule has 0 saturated carbocycles. The van der Waals surface area contributed by atoms with Crippen LogP contribution in [-0.4, -0.2) is 86.7 Å². The van der Waals surface area contributed by atoms with E-state index in [0.29, 0.717) is 59.4 Å². The number of benzene rings is 10. The molecule has 34 heteroatoms. The van der Waals surface area contributed by atoms with Crippen LogP contribution in [0.2, 0.25) is 0 Å².